The van der Waals surface area contributed by atoms with Crippen LogP contribution in [-0.4, -0.2) is 11.7 Å². The maximum absolute atomic E-state index is 13.4. The maximum atomic E-state index is 13.4. The number of halogens is 3. The molecule has 0 saturated carbocycles. The average Bonchev–Trinajstić information content (AvgIpc) is 2.26. The summed E-state index contributed by atoms with van der Waals surface area (Å²) in [6.45, 7) is 1.02. The first-order valence-electron chi connectivity index (χ1n) is 4.62. The van der Waals surface area contributed by atoms with E-state index in [2.05, 4.69) is 0 Å². The molecule has 0 heterocycles. The summed E-state index contributed by atoms with van der Waals surface area (Å²) in [6.07, 6.45) is -0.0501. The van der Waals surface area contributed by atoms with Gasteiger partial charge < -0.3 is 5.11 Å². The van der Waals surface area contributed by atoms with E-state index in [9.17, 15) is 13.2 Å². The molecule has 0 radical (unpaired) electrons. The lowest BCUT2D eigenvalue weighted by Gasteiger charge is -2.21. The summed E-state index contributed by atoms with van der Waals surface area (Å²) >= 11 is 0. The summed E-state index contributed by atoms with van der Waals surface area (Å²) in [5.74, 6) is -4.28. The number of nitrogens with zero attached hydrogens (tertiary/aromatic N) is 1. The third kappa shape index (κ3) is 2.02. The highest BCUT2D eigenvalue weighted by molar-refractivity contribution is 5.33. The minimum Gasteiger partial charge on any atom is -0.396 e. The highest BCUT2D eigenvalue weighted by atomic mass is 19.2. The highest BCUT2D eigenvalue weighted by Gasteiger charge is 2.31. The lowest BCUT2D eigenvalue weighted by atomic mass is 9.81. The Hall–Kier alpha value is -1.54. The van der Waals surface area contributed by atoms with Gasteiger partial charge in [-0.25, -0.2) is 13.2 Å². The van der Waals surface area contributed by atoms with Gasteiger partial charge in [-0.05, 0) is 19.4 Å². The van der Waals surface area contributed by atoms with Crippen LogP contribution in [0.25, 0.3) is 0 Å². The Kier molecular flexibility index (Phi) is 3.55. The van der Waals surface area contributed by atoms with Gasteiger partial charge in [0.25, 0.3) is 0 Å². The quantitative estimate of drug-likeness (QED) is 0.808. The van der Waals surface area contributed by atoms with E-state index in [1.165, 1.54) is 6.92 Å². The molecular weight excluding hydrogens is 219 g/mol. The van der Waals surface area contributed by atoms with Gasteiger partial charge in [-0.2, -0.15) is 5.26 Å². The molecule has 0 aliphatic carbocycles. The number of rotatable bonds is 3. The molecule has 1 N–H and O–H groups in total. The Balaban J connectivity index is 3.33. The first-order chi connectivity index (χ1) is 7.46. The summed E-state index contributed by atoms with van der Waals surface area (Å²) < 4.78 is 39.1. The molecule has 1 unspecified atom stereocenters. The van der Waals surface area contributed by atoms with Gasteiger partial charge in [-0.3, -0.25) is 0 Å². The molecule has 1 atom stereocenters. The molecule has 1 rings (SSSR count). The Morgan fingerprint density at radius 1 is 1.31 bits per heavy atom. The van der Waals surface area contributed by atoms with Crippen molar-refractivity contribution < 1.29 is 18.3 Å². The zero-order valence-electron chi connectivity index (χ0n) is 8.60. The second kappa shape index (κ2) is 4.54. The maximum Gasteiger partial charge on any atom is 0.194 e. The van der Waals surface area contributed by atoms with Crippen LogP contribution in [0.2, 0.25) is 0 Å². The fraction of sp³-hybridized carbons (Fsp3) is 0.364. The van der Waals surface area contributed by atoms with E-state index in [0.717, 1.165) is 12.1 Å². The predicted octanol–water partition coefficient (Wildman–Crippen LogP) is 2.27. The SMILES string of the molecule is CC(C#N)(CCO)c1ccc(F)c(F)c1F. The fourth-order valence-electron chi connectivity index (χ4n) is 1.43. The predicted molar refractivity (Wildman–Crippen MR) is 51.0 cm³/mol. The standard InChI is InChI=1S/C11H10F3NO/c1-11(6-15,4-5-16)7-2-3-8(12)10(14)9(7)13/h2-3,16H,4-5H2,1H3. The summed E-state index contributed by atoms with van der Waals surface area (Å²) in [4.78, 5) is 0. The fourth-order valence-corrected chi connectivity index (χ4v) is 1.43. The minimum absolute atomic E-state index is 0.0501. The average molecular weight is 229 g/mol. The zero-order valence-corrected chi connectivity index (χ0v) is 8.60. The smallest absolute Gasteiger partial charge is 0.194 e. The molecule has 0 aliphatic heterocycles. The lowest BCUT2D eigenvalue weighted by molar-refractivity contribution is 0.261. The molecule has 1 aromatic carbocycles. The van der Waals surface area contributed by atoms with E-state index in [0.29, 0.717) is 0 Å². The lowest BCUT2D eigenvalue weighted by Crippen LogP contribution is -2.23. The third-order valence-electron chi connectivity index (χ3n) is 2.49. The van der Waals surface area contributed by atoms with Gasteiger partial charge in [0.05, 0.1) is 11.5 Å². The second-order valence-corrected chi connectivity index (χ2v) is 3.64. The molecule has 0 aliphatic rings. The van der Waals surface area contributed by atoms with E-state index in [-0.39, 0.29) is 18.6 Å². The molecule has 0 bridgehead atoms. The van der Waals surface area contributed by atoms with Crippen LogP contribution in [0, 0.1) is 28.8 Å². The molecule has 16 heavy (non-hydrogen) atoms. The first kappa shape index (κ1) is 12.5. The number of hydrogen-bond donors (Lipinski definition) is 1. The molecule has 5 heteroatoms. The molecule has 0 saturated heterocycles. The topological polar surface area (TPSA) is 44.0 Å². The molecule has 86 valence electrons. The minimum atomic E-state index is -1.60. The molecule has 2 nitrogen and oxygen atoms in total. The molecule has 0 aromatic heterocycles. The summed E-state index contributed by atoms with van der Waals surface area (Å²) in [5, 5.41) is 17.7. The van der Waals surface area contributed by atoms with Gasteiger partial charge in [0, 0.05) is 12.2 Å². The Morgan fingerprint density at radius 2 is 1.94 bits per heavy atom. The summed E-state index contributed by atoms with van der Waals surface area (Å²) in [6, 6.07) is 3.58. The Bertz CT molecular complexity index is 442. The zero-order chi connectivity index (χ0) is 12.3. The Labute approximate surface area is 90.9 Å². The van der Waals surface area contributed by atoms with Crippen LogP contribution in [0.15, 0.2) is 12.1 Å². The van der Waals surface area contributed by atoms with Gasteiger partial charge >= 0.3 is 0 Å². The third-order valence-corrected chi connectivity index (χ3v) is 2.49. The van der Waals surface area contributed by atoms with Gasteiger partial charge in [-0.1, -0.05) is 6.07 Å². The number of hydrogen-bond acceptors (Lipinski definition) is 2. The van der Waals surface area contributed by atoms with Gasteiger partial charge in [0.1, 0.15) is 0 Å². The van der Waals surface area contributed by atoms with Crippen molar-refractivity contribution in [2.75, 3.05) is 6.61 Å². The van der Waals surface area contributed by atoms with Crippen LogP contribution in [-0.2, 0) is 5.41 Å². The van der Waals surface area contributed by atoms with Crippen LogP contribution in [0.5, 0.6) is 0 Å². The summed E-state index contributed by atoms with van der Waals surface area (Å²) in [7, 11) is 0. The van der Waals surface area contributed by atoms with Crippen LogP contribution in [0.3, 0.4) is 0 Å². The van der Waals surface area contributed by atoms with Crippen LogP contribution >= 0.6 is 0 Å². The van der Waals surface area contributed by atoms with Crippen molar-refractivity contribution in [3.05, 3.63) is 35.1 Å². The number of nitriles is 1. The number of benzene rings is 1. The molecule has 0 fully saturated rings. The van der Waals surface area contributed by atoms with Crippen molar-refractivity contribution in [3.8, 4) is 6.07 Å². The van der Waals surface area contributed by atoms with E-state index in [1.54, 1.807) is 6.07 Å². The normalized spacial score (nSPS) is 14.2. The first-order valence-corrected chi connectivity index (χ1v) is 4.62. The highest BCUT2D eigenvalue weighted by Crippen LogP contribution is 2.30. The van der Waals surface area contributed by atoms with Gasteiger partial charge in [0.15, 0.2) is 17.5 Å². The van der Waals surface area contributed by atoms with E-state index in [4.69, 9.17) is 10.4 Å². The van der Waals surface area contributed by atoms with Crippen LogP contribution < -0.4 is 0 Å². The van der Waals surface area contributed by atoms with Crippen molar-refractivity contribution in [2.45, 2.75) is 18.8 Å². The largest absolute Gasteiger partial charge is 0.396 e. The van der Waals surface area contributed by atoms with Crippen molar-refractivity contribution in [1.82, 2.24) is 0 Å². The Morgan fingerprint density at radius 3 is 2.44 bits per heavy atom. The van der Waals surface area contributed by atoms with Gasteiger partial charge in [0.2, 0.25) is 0 Å². The van der Waals surface area contributed by atoms with Crippen molar-refractivity contribution >= 4 is 0 Å². The van der Waals surface area contributed by atoms with Gasteiger partial charge in [-0.15, -0.1) is 0 Å². The van der Waals surface area contributed by atoms with E-state index < -0.39 is 22.9 Å². The van der Waals surface area contributed by atoms with Crippen molar-refractivity contribution in [1.29, 1.82) is 5.26 Å². The van der Waals surface area contributed by atoms with E-state index >= 15 is 0 Å². The van der Waals surface area contributed by atoms with Crippen molar-refractivity contribution in [2.24, 2.45) is 0 Å². The van der Waals surface area contributed by atoms with Crippen LogP contribution in [0.4, 0.5) is 13.2 Å². The molecule has 1 aromatic rings. The molecule has 0 amide bonds. The van der Waals surface area contributed by atoms with Crippen LogP contribution in [0.1, 0.15) is 18.9 Å². The van der Waals surface area contributed by atoms with Crippen molar-refractivity contribution in [3.63, 3.8) is 0 Å². The molecular formula is C11H10F3NO. The number of aliphatic hydroxyl groups excluding tert-OH is 1. The monoisotopic (exact) mass is 229 g/mol. The number of aliphatic hydroxyl groups is 1. The second-order valence-electron chi connectivity index (χ2n) is 3.64. The van der Waals surface area contributed by atoms with E-state index in [1.807, 2.05) is 0 Å². The summed E-state index contributed by atoms with van der Waals surface area (Å²) in [5.41, 5.74) is -1.61. The molecule has 0 spiro atoms.